The van der Waals surface area contributed by atoms with Crippen molar-refractivity contribution in [2.45, 2.75) is 33.0 Å². The largest absolute Gasteiger partial charge is 0.303 e. The molecule has 0 unspecified atom stereocenters. The van der Waals surface area contributed by atoms with Gasteiger partial charge in [-0.3, -0.25) is 4.90 Å². The van der Waals surface area contributed by atoms with Crippen LogP contribution in [-0.2, 0) is 23.6 Å². The van der Waals surface area contributed by atoms with Crippen LogP contribution in [0.3, 0.4) is 0 Å². The summed E-state index contributed by atoms with van der Waals surface area (Å²) in [5.74, 6) is 0.868. The molecule has 0 aliphatic carbocycles. The summed E-state index contributed by atoms with van der Waals surface area (Å²) in [5.41, 5.74) is 0.392. The van der Waals surface area contributed by atoms with E-state index < -0.39 is 9.84 Å². The highest BCUT2D eigenvalue weighted by Crippen LogP contribution is 2.23. The fourth-order valence-electron chi connectivity index (χ4n) is 3.48. The van der Waals surface area contributed by atoms with Crippen molar-refractivity contribution in [3.8, 4) is 11.4 Å². The third-order valence-electron chi connectivity index (χ3n) is 4.80. The number of aromatic nitrogens is 3. The number of halogens is 1. The van der Waals surface area contributed by atoms with Gasteiger partial charge in [-0.15, -0.1) is 0 Å². The maximum absolute atomic E-state index is 14.2. The van der Waals surface area contributed by atoms with Crippen molar-refractivity contribution in [1.29, 1.82) is 0 Å². The lowest BCUT2D eigenvalue weighted by molar-refractivity contribution is 0.137. The van der Waals surface area contributed by atoms with Crippen LogP contribution in [0.1, 0.15) is 20.3 Å². The van der Waals surface area contributed by atoms with Crippen LogP contribution in [-0.4, -0.2) is 51.8 Å². The standard InChI is InChI=1S/C18H25FN4O2S2/c1-13(2)10-22(14-8-9-27(24,25)11-14)12-23-18(26)21(3)17(20-23)15-6-4-5-7-16(15)19/h4-7,13-14H,8-12H2,1-3H3/t14-/m0/s1. The Morgan fingerprint density at radius 2 is 2.07 bits per heavy atom. The van der Waals surface area contributed by atoms with Gasteiger partial charge in [0.05, 0.1) is 23.7 Å². The number of sulfone groups is 1. The molecular formula is C18H25FN4O2S2. The zero-order valence-corrected chi connectivity index (χ0v) is 17.4. The lowest BCUT2D eigenvalue weighted by Gasteiger charge is -2.29. The first kappa shape index (κ1) is 20.2. The number of hydrogen-bond donors (Lipinski definition) is 0. The molecule has 148 valence electrons. The van der Waals surface area contributed by atoms with Crippen LogP contribution < -0.4 is 0 Å². The van der Waals surface area contributed by atoms with Crippen LogP contribution in [0.25, 0.3) is 11.4 Å². The van der Waals surface area contributed by atoms with E-state index in [1.165, 1.54) is 6.07 Å². The van der Waals surface area contributed by atoms with Gasteiger partial charge in [0.1, 0.15) is 5.82 Å². The highest BCUT2D eigenvalue weighted by Gasteiger charge is 2.33. The van der Waals surface area contributed by atoms with Crippen molar-refractivity contribution in [2.75, 3.05) is 18.1 Å². The van der Waals surface area contributed by atoms with E-state index in [0.29, 0.717) is 35.2 Å². The molecule has 1 aliphatic rings. The molecule has 0 N–H and O–H groups in total. The van der Waals surface area contributed by atoms with Crippen molar-refractivity contribution in [3.05, 3.63) is 34.9 Å². The van der Waals surface area contributed by atoms with E-state index in [-0.39, 0.29) is 23.4 Å². The minimum absolute atomic E-state index is 0.0433. The second kappa shape index (κ2) is 7.81. The molecule has 1 aliphatic heterocycles. The van der Waals surface area contributed by atoms with Gasteiger partial charge in [0.25, 0.3) is 0 Å². The minimum Gasteiger partial charge on any atom is -0.303 e. The van der Waals surface area contributed by atoms with Crippen LogP contribution in [0.2, 0.25) is 0 Å². The molecule has 0 radical (unpaired) electrons. The number of benzene rings is 1. The Kier molecular flexibility index (Phi) is 5.83. The molecule has 1 aromatic heterocycles. The van der Waals surface area contributed by atoms with E-state index in [9.17, 15) is 12.8 Å². The first-order chi connectivity index (χ1) is 12.7. The Hall–Kier alpha value is -1.58. The summed E-state index contributed by atoms with van der Waals surface area (Å²) in [4.78, 5) is 2.13. The number of hydrogen-bond acceptors (Lipinski definition) is 5. The summed E-state index contributed by atoms with van der Waals surface area (Å²) in [7, 11) is -1.22. The Balaban J connectivity index is 1.92. The Bertz CT molecular complexity index is 981. The van der Waals surface area contributed by atoms with Crippen LogP contribution in [0.5, 0.6) is 0 Å². The van der Waals surface area contributed by atoms with Crippen molar-refractivity contribution in [1.82, 2.24) is 19.2 Å². The summed E-state index contributed by atoms with van der Waals surface area (Å²) >= 11 is 5.51. The molecule has 1 atom stereocenters. The van der Waals surface area contributed by atoms with Crippen molar-refractivity contribution in [3.63, 3.8) is 0 Å². The fourth-order valence-corrected chi connectivity index (χ4v) is 5.43. The molecule has 27 heavy (non-hydrogen) atoms. The molecule has 0 spiro atoms. The molecule has 0 saturated carbocycles. The van der Waals surface area contributed by atoms with Gasteiger partial charge < -0.3 is 4.57 Å². The average Bonchev–Trinajstić information content (AvgIpc) is 3.08. The smallest absolute Gasteiger partial charge is 0.199 e. The molecule has 9 heteroatoms. The molecule has 2 heterocycles. The van der Waals surface area contributed by atoms with Crippen LogP contribution in [0, 0.1) is 16.5 Å². The van der Waals surface area contributed by atoms with Crippen LogP contribution in [0.4, 0.5) is 4.39 Å². The van der Waals surface area contributed by atoms with E-state index in [0.717, 1.165) is 6.54 Å². The molecule has 1 saturated heterocycles. The Labute approximate surface area is 164 Å². The minimum atomic E-state index is -2.98. The lowest BCUT2D eigenvalue weighted by atomic mass is 10.1. The van der Waals surface area contributed by atoms with Crippen molar-refractivity contribution in [2.24, 2.45) is 13.0 Å². The van der Waals surface area contributed by atoms with Gasteiger partial charge in [-0.2, -0.15) is 5.10 Å². The van der Waals surface area contributed by atoms with E-state index in [4.69, 9.17) is 12.2 Å². The summed E-state index contributed by atoms with van der Waals surface area (Å²) in [5, 5.41) is 4.54. The SMILES string of the molecule is CC(C)CN(Cn1nc(-c2ccccc2F)n(C)c1=S)[C@H]1CCS(=O)(=O)C1. The van der Waals surface area contributed by atoms with Gasteiger partial charge in [-0.05, 0) is 36.7 Å². The van der Waals surface area contributed by atoms with Crippen molar-refractivity contribution < 1.29 is 12.8 Å². The summed E-state index contributed by atoms with van der Waals surface area (Å²) < 4.78 is 41.8. The summed E-state index contributed by atoms with van der Waals surface area (Å²) in [6, 6.07) is 6.42. The molecule has 2 aromatic rings. The van der Waals surface area contributed by atoms with Gasteiger partial charge in [0, 0.05) is 19.6 Å². The highest BCUT2D eigenvalue weighted by molar-refractivity contribution is 7.91. The summed E-state index contributed by atoms with van der Waals surface area (Å²) in [6.07, 6.45) is 0.620. The van der Waals surface area contributed by atoms with E-state index in [1.54, 1.807) is 34.5 Å². The molecule has 6 nitrogen and oxygen atoms in total. The third-order valence-corrected chi connectivity index (χ3v) is 7.03. The fraction of sp³-hybridized carbons (Fsp3) is 0.556. The zero-order valence-electron chi connectivity index (χ0n) is 15.8. The number of nitrogens with zero attached hydrogens (tertiary/aromatic N) is 4. The maximum atomic E-state index is 14.2. The summed E-state index contributed by atoms with van der Waals surface area (Å²) in [6.45, 7) is 5.32. The molecule has 1 aromatic carbocycles. The van der Waals surface area contributed by atoms with Crippen molar-refractivity contribution >= 4 is 22.1 Å². The predicted molar refractivity (Wildman–Crippen MR) is 106 cm³/mol. The molecule has 3 rings (SSSR count). The highest BCUT2D eigenvalue weighted by atomic mass is 32.2. The normalized spacial score (nSPS) is 19.3. The second-order valence-corrected chi connectivity index (χ2v) is 10.1. The molecule has 0 amide bonds. The third kappa shape index (κ3) is 4.47. The maximum Gasteiger partial charge on any atom is 0.199 e. The van der Waals surface area contributed by atoms with Crippen LogP contribution in [0.15, 0.2) is 24.3 Å². The van der Waals surface area contributed by atoms with Gasteiger partial charge in [-0.1, -0.05) is 26.0 Å². The van der Waals surface area contributed by atoms with E-state index >= 15 is 0 Å². The van der Waals surface area contributed by atoms with Gasteiger partial charge >= 0.3 is 0 Å². The van der Waals surface area contributed by atoms with Crippen LogP contribution >= 0.6 is 12.2 Å². The zero-order chi connectivity index (χ0) is 19.8. The Morgan fingerprint density at radius 1 is 1.37 bits per heavy atom. The van der Waals surface area contributed by atoms with Gasteiger partial charge in [0.15, 0.2) is 20.4 Å². The molecule has 1 fully saturated rings. The lowest BCUT2D eigenvalue weighted by Crippen LogP contribution is -2.40. The first-order valence-corrected chi connectivity index (χ1v) is 11.2. The Morgan fingerprint density at radius 3 is 2.67 bits per heavy atom. The predicted octanol–water partition coefficient (Wildman–Crippen LogP) is 2.86. The quantitative estimate of drug-likeness (QED) is 0.683. The van der Waals surface area contributed by atoms with Gasteiger partial charge in [0.2, 0.25) is 0 Å². The van der Waals surface area contributed by atoms with Gasteiger partial charge in [-0.25, -0.2) is 17.5 Å². The second-order valence-electron chi connectivity index (χ2n) is 7.51. The first-order valence-electron chi connectivity index (χ1n) is 9.01. The monoisotopic (exact) mass is 412 g/mol. The average molecular weight is 413 g/mol. The van der Waals surface area contributed by atoms with E-state index in [2.05, 4.69) is 23.8 Å². The molecular weight excluding hydrogens is 387 g/mol. The topological polar surface area (TPSA) is 60.1 Å². The van der Waals surface area contributed by atoms with E-state index in [1.807, 2.05) is 0 Å². The molecule has 0 bridgehead atoms. The number of rotatable bonds is 6.